The van der Waals surface area contributed by atoms with Crippen molar-refractivity contribution in [3.8, 4) is 0 Å². The van der Waals surface area contributed by atoms with Crippen molar-refractivity contribution in [2.75, 3.05) is 10.6 Å². The lowest BCUT2D eigenvalue weighted by Gasteiger charge is -2.27. The Morgan fingerprint density at radius 1 is 1.21 bits per heavy atom. The average Bonchev–Trinajstić information content (AvgIpc) is 2.58. The van der Waals surface area contributed by atoms with Crippen molar-refractivity contribution < 1.29 is 5.11 Å². The Hall–Kier alpha value is -2.21. The Bertz CT molecular complexity index is 677. The van der Waals surface area contributed by atoms with Gasteiger partial charge < -0.3 is 15.7 Å². The predicted octanol–water partition coefficient (Wildman–Crippen LogP) is 2.82. The Balaban J connectivity index is 1.70. The standard InChI is InChI=1S/C18H25N5O/c1-12-13(2)21-18(20-11-15-6-3-4-9-19-15)23-17(12)22-14-7-5-8-16(24)10-14/h3-4,6,9,14,16,24H,5,7-8,10-11H2,1-2H3,(H2,20,21,22,23). The van der Waals surface area contributed by atoms with E-state index < -0.39 is 0 Å². The van der Waals surface area contributed by atoms with E-state index in [4.69, 9.17) is 0 Å². The summed E-state index contributed by atoms with van der Waals surface area (Å²) in [7, 11) is 0. The minimum Gasteiger partial charge on any atom is -0.393 e. The van der Waals surface area contributed by atoms with Gasteiger partial charge in [-0.1, -0.05) is 6.07 Å². The van der Waals surface area contributed by atoms with Crippen LogP contribution in [0.5, 0.6) is 0 Å². The minimum absolute atomic E-state index is 0.207. The lowest BCUT2D eigenvalue weighted by atomic mass is 9.93. The van der Waals surface area contributed by atoms with Crippen molar-refractivity contribution in [2.24, 2.45) is 0 Å². The number of aromatic nitrogens is 3. The number of nitrogens with one attached hydrogen (secondary N) is 2. The number of aliphatic hydroxyl groups is 1. The van der Waals surface area contributed by atoms with Gasteiger partial charge in [-0.3, -0.25) is 4.98 Å². The van der Waals surface area contributed by atoms with Gasteiger partial charge >= 0.3 is 0 Å². The van der Waals surface area contributed by atoms with E-state index in [1.54, 1.807) is 6.20 Å². The van der Waals surface area contributed by atoms with Crippen LogP contribution in [0.3, 0.4) is 0 Å². The fourth-order valence-electron chi connectivity index (χ4n) is 3.01. The van der Waals surface area contributed by atoms with Crippen LogP contribution in [-0.2, 0) is 6.54 Å². The number of aliphatic hydroxyl groups excluding tert-OH is 1. The molecule has 2 heterocycles. The van der Waals surface area contributed by atoms with Crippen molar-refractivity contribution in [3.05, 3.63) is 41.3 Å². The van der Waals surface area contributed by atoms with Crippen LogP contribution in [0, 0.1) is 13.8 Å². The first-order valence-electron chi connectivity index (χ1n) is 8.55. The summed E-state index contributed by atoms with van der Waals surface area (Å²) in [6.07, 6.45) is 5.36. The van der Waals surface area contributed by atoms with Gasteiger partial charge in [0, 0.05) is 23.5 Å². The molecule has 1 fully saturated rings. The molecule has 1 aliphatic rings. The van der Waals surface area contributed by atoms with Crippen LogP contribution in [0.25, 0.3) is 0 Å². The van der Waals surface area contributed by atoms with Gasteiger partial charge in [0.15, 0.2) is 0 Å². The molecule has 0 amide bonds. The first-order valence-corrected chi connectivity index (χ1v) is 8.55. The topological polar surface area (TPSA) is 83.0 Å². The summed E-state index contributed by atoms with van der Waals surface area (Å²) in [6.45, 7) is 4.61. The van der Waals surface area contributed by atoms with E-state index >= 15 is 0 Å². The molecule has 0 spiro atoms. The summed E-state index contributed by atoms with van der Waals surface area (Å²) in [6, 6.07) is 6.10. The second-order valence-electron chi connectivity index (χ2n) is 6.44. The zero-order chi connectivity index (χ0) is 16.9. The van der Waals surface area contributed by atoms with Gasteiger partial charge in [-0.05, 0) is 51.7 Å². The van der Waals surface area contributed by atoms with Crippen molar-refractivity contribution in [1.82, 2.24) is 15.0 Å². The molecule has 128 valence electrons. The first-order chi connectivity index (χ1) is 11.6. The molecule has 1 aliphatic carbocycles. The van der Waals surface area contributed by atoms with Crippen LogP contribution in [0.15, 0.2) is 24.4 Å². The smallest absolute Gasteiger partial charge is 0.225 e. The van der Waals surface area contributed by atoms with E-state index in [9.17, 15) is 5.11 Å². The van der Waals surface area contributed by atoms with Crippen molar-refractivity contribution in [1.29, 1.82) is 0 Å². The van der Waals surface area contributed by atoms with Crippen molar-refractivity contribution in [3.63, 3.8) is 0 Å². The minimum atomic E-state index is -0.207. The van der Waals surface area contributed by atoms with Crippen LogP contribution >= 0.6 is 0 Å². The molecule has 1 saturated carbocycles. The molecule has 6 nitrogen and oxygen atoms in total. The van der Waals surface area contributed by atoms with Gasteiger partial charge in [0.2, 0.25) is 5.95 Å². The molecule has 3 N–H and O–H groups in total. The highest BCUT2D eigenvalue weighted by atomic mass is 16.3. The third-order valence-corrected chi connectivity index (χ3v) is 4.53. The number of nitrogens with zero attached hydrogens (tertiary/aromatic N) is 3. The average molecular weight is 327 g/mol. The third kappa shape index (κ3) is 4.20. The first kappa shape index (κ1) is 16.6. The van der Waals surface area contributed by atoms with Crippen LogP contribution in [0.1, 0.15) is 42.6 Å². The highest BCUT2D eigenvalue weighted by Crippen LogP contribution is 2.24. The lowest BCUT2D eigenvalue weighted by Crippen LogP contribution is -2.30. The van der Waals surface area contributed by atoms with E-state index in [2.05, 4.69) is 25.6 Å². The van der Waals surface area contributed by atoms with Gasteiger partial charge in [0.25, 0.3) is 0 Å². The van der Waals surface area contributed by atoms with Gasteiger partial charge in [0.05, 0.1) is 18.3 Å². The molecule has 2 aromatic heterocycles. The highest BCUT2D eigenvalue weighted by molar-refractivity contribution is 5.50. The number of anilines is 2. The largest absolute Gasteiger partial charge is 0.393 e. The molecule has 3 rings (SSSR count). The van der Waals surface area contributed by atoms with Crippen LogP contribution in [0.4, 0.5) is 11.8 Å². The van der Waals surface area contributed by atoms with Crippen LogP contribution in [0.2, 0.25) is 0 Å². The van der Waals surface area contributed by atoms with Gasteiger partial charge in [-0.25, -0.2) is 4.98 Å². The van der Waals surface area contributed by atoms with Crippen molar-refractivity contribution in [2.45, 2.75) is 58.2 Å². The molecule has 0 aromatic carbocycles. The summed E-state index contributed by atoms with van der Waals surface area (Å²) in [4.78, 5) is 13.4. The molecular weight excluding hydrogens is 302 g/mol. The van der Waals surface area contributed by atoms with Gasteiger partial charge in [0.1, 0.15) is 5.82 Å². The molecule has 2 aromatic rings. The van der Waals surface area contributed by atoms with Crippen LogP contribution < -0.4 is 10.6 Å². The summed E-state index contributed by atoms with van der Waals surface area (Å²) in [5, 5.41) is 16.6. The summed E-state index contributed by atoms with van der Waals surface area (Å²) >= 11 is 0. The molecule has 0 bridgehead atoms. The van der Waals surface area contributed by atoms with E-state index in [1.165, 1.54) is 0 Å². The predicted molar refractivity (Wildman–Crippen MR) is 95.0 cm³/mol. The molecule has 2 atom stereocenters. The molecule has 0 saturated heterocycles. The summed E-state index contributed by atoms with van der Waals surface area (Å²) in [5.41, 5.74) is 2.95. The second-order valence-corrected chi connectivity index (χ2v) is 6.44. The quantitative estimate of drug-likeness (QED) is 0.783. The number of pyridine rings is 1. The molecule has 0 radical (unpaired) electrons. The lowest BCUT2D eigenvalue weighted by molar-refractivity contribution is 0.124. The van der Waals surface area contributed by atoms with Crippen molar-refractivity contribution >= 4 is 11.8 Å². The molecule has 24 heavy (non-hydrogen) atoms. The SMILES string of the molecule is Cc1nc(NCc2ccccn2)nc(NC2CCCC(O)C2)c1C. The maximum atomic E-state index is 9.85. The van der Waals surface area contributed by atoms with E-state index in [1.807, 2.05) is 32.0 Å². The van der Waals surface area contributed by atoms with E-state index in [0.717, 1.165) is 48.5 Å². The van der Waals surface area contributed by atoms with E-state index in [0.29, 0.717) is 12.5 Å². The molecule has 0 aliphatic heterocycles. The molecule has 2 unspecified atom stereocenters. The summed E-state index contributed by atoms with van der Waals surface area (Å²) < 4.78 is 0. The van der Waals surface area contributed by atoms with E-state index in [-0.39, 0.29) is 12.1 Å². The maximum Gasteiger partial charge on any atom is 0.225 e. The normalized spacial score (nSPS) is 20.6. The number of hydrogen-bond donors (Lipinski definition) is 3. The molecule has 6 heteroatoms. The third-order valence-electron chi connectivity index (χ3n) is 4.53. The van der Waals surface area contributed by atoms with Gasteiger partial charge in [-0.15, -0.1) is 0 Å². The fourth-order valence-corrected chi connectivity index (χ4v) is 3.01. The molecular formula is C18H25N5O. The Morgan fingerprint density at radius 2 is 2.08 bits per heavy atom. The fraction of sp³-hybridized carbons (Fsp3) is 0.500. The number of aryl methyl sites for hydroxylation is 1. The highest BCUT2D eigenvalue weighted by Gasteiger charge is 2.21. The monoisotopic (exact) mass is 327 g/mol. The second kappa shape index (κ2) is 7.57. The van der Waals surface area contributed by atoms with Gasteiger partial charge in [-0.2, -0.15) is 4.98 Å². The Kier molecular flexibility index (Phi) is 5.25. The number of hydrogen-bond acceptors (Lipinski definition) is 6. The zero-order valence-electron chi connectivity index (χ0n) is 14.3. The Labute approximate surface area is 142 Å². The summed E-state index contributed by atoms with van der Waals surface area (Å²) in [5.74, 6) is 1.45. The Morgan fingerprint density at radius 3 is 2.83 bits per heavy atom. The number of rotatable bonds is 5. The van der Waals surface area contributed by atoms with Crippen LogP contribution in [-0.4, -0.2) is 32.2 Å². The zero-order valence-corrected chi connectivity index (χ0v) is 14.3. The maximum absolute atomic E-state index is 9.85.